The molecule has 0 N–H and O–H groups in total. The molecule has 4 rings (SSSR count). The SMILES string of the molecule is COc1ccc(OC(=S)c2c3ccccc3nc3ccccc23)cc1. The van der Waals surface area contributed by atoms with Crippen LogP contribution in [0.25, 0.3) is 21.8 Å². The van der Waals surface area contributed by atoms with Crippen molar-refractivity contribution in [3.8, 4) is 11.5 Å². The van der Waals surface area contributed by atoms with Crippen molar-refractivity contribution in [3.05, 3.63) is 78.4 Å². The smallest absolute Gasteiger partial charge is 0.199 e. The molecule has 1 heterocycles. The van der Waals surface area contributed by atoms with Crippen LogP contribution < -0.4 is 9.47 Å². The summed E-state index contributed by atoms with van der Waals surface area (Å²) in [5.41, 5.74) is 2.70. The zero-order chi connectivity index (χ0) is 17.2. The summed E-state index contributed by atoms with van der Waals surface area (Å²) in [6.07, 6.45) is 0. The maximum Gasteiger partial charge on any atom is 0.199 e. The Morgan fingerprint density at radius 2 is 1.28 bits per heavy atom. The zero-order valence-corrected chi connectivity index (χ0v) is 14.4. The number of hydrogen-bond donors (Lipinski definition) is 0. The van der Waals surface area contributed by atoms with Crippen molar-refractivity contribution < 1.29 is 9.47 Å². The van der Waals surface area contributed by atoms with Gasteiger partial charge in [0.15, 0.2) is 5.05 Å². The van der Waals surface area contributed by atoms with E-state index in [9.17, 15) is 0 Å². The summed E-state index contributed by atoms with van der Waals surface area (Å²) in [5, 5.41) is 2.40. The van der Waals surface area contributed by atoms with Gasteiger partial charge in [0.2, 0.25) is 0 Å². The molecule has 4 aromatic rings. The van der Waals surface area contributed by atoms with Crippen molar-refractivity contribution in [2.24, 2.45) is 0 Å². The van der Waals surface area contributed by atoms with E-state index in [0.717, 1.165) is 33.1 Å². The highest BCUT2D eigenvalue weighted by Crippen LogP contribution is 2.28. The fourth-order valence-electron chi connectivity index (χ4n) is 2.86. The van der Waals surface area contributed by atoms with Gasteiger partial charge in [-0.3, -0.25) is 0 Å². The van der Waals surface area contributed by atoms with E-state index in [1.165, 1.54) is 0 Å². The van der Waals surface area contributed by atoms with Gasteiger partial charge in [0, 0.05) is 16.3 Å². The fourth-order valence-corrected chi connectivity index (χ4v) is 3.18. The summed E-state index contributed by atoms with van der Waals surface area (Å²) < 4.78 is 11.1. The van der Waals surface area contributed by atoms with Crippen LogP contribution in [-0.4, -0.2) is 17.1 Å². The molecule has 0 spiro atoms. The number of thiocarbonyl (C=S) groups is 1. The van der Waals surface area contributed by atoms with Crippen LogP contribution >= 0.6 is 12.2 Å². The number of methoxy groups -OCH3 is 1. The Morgan fingerprint density at radius 3 is 1.84 bits per heavy atom. The lowest BCUT2D eigenvalue weighted by Crippen LogP contribution is -2.09. The van der Waals surface area contributed by atoms with E-state index >= 15 is 0 Å². The van der Waals surface area contributed by atoms with Gasteiger partial charge < -0.3 is 9.47 Å². The maximum atomic E-state index is 5.96. The summed E-state index contributed by atoms with van der Waals surface area (Å²) in [7, 11) is 1.63. The monoisotopic (exact) mass is 345 g/mol. The first-order valence-electron chi connectivity index (χ1n) is 7.90. The van der Waals surface area contributed by atoms with E-state index in [0.29, 0.717) is 10.8 Å². The molecule has 0 bridgehead atoms. The molecule has 3 nitrogen and oxygen atoms in total. The zero-order valence-electron chi connectivity index (χ0n) is 13.6. The Kier molecular flexibility index (Phi) is 4.04. The van der Waals surface area contributed by atoms with Gasteiger partial charge in [-0.25, -0.2) is 4.98 Å². The van der Waals surface area contributed by atoms with Gasteiger partial charge in [-0.2, -0.15) is 0 Å². The lowest BCUT2D eigenvalue weighted by molar-refractivity contribution is 0.414. The maximum absolute atomic E-state index is 5.96. The number of benzene rings is 3. The molecule has 0 saturated heterocycles. The summed E-state index contributed by atoms with van der Waals surface area (Å²) in [5.74, 6) is 1.45. The summed E-state index contributed by atoms with van der Waals surface area (Å²) in [6, 6.07) is 23.3. The molecule has 0 fully saturated rings. The van der Waals surface area contributed by atoms with Gasteiger partial charge in [0.25, 0.3) is 0 Å². The summed E-state index contributed by atoms with van der Waals surface area (Å²) in [4.78, 5) is 4.72. The normalized spacial score (nSPS) is 10.8. The van der Waals surface area contributed by atoms with Crippen molar-refractivity contribution in [3.63, 3.8) is 0 Å². The van der Waals surface area contributed by atoms with Crippen LogP contribution in [0.3, 0.4) is 0 Å². The molecule has 1 aromatic heterocycles. The number of para-hydroxylation sites is 2. The second-order valence-corrected chi connectivity index (χ2v) is 5.96. The number of nitrogens with zero attached hydrogens (tertiary/aromatic N) is 1. The predicted octanol–water partition coefficient (Wildman–Crippen LogP) is 5.15. The van der Waals surface area contributed by atoms with Gasteiger partial charge in [0.05, 0.1) is 18.1 Å². The van der Waals surface area contributed by atoms with Gasteiger partial charge in [-0.05, 0) is 48.6 Å². The molecule has 4 heteroatoms. The number of fused-ring (bicyclic) bond motifs is 2. The molecular formula is C21H15NO2S. The lowest BCUT2D eigenvalue weighted by Gasteiger charge is -2.13. The largest absolute Gasteiger partial charge is 0.497 e. The number of hydrogen-bond acceptors (Lipinski definition) is 4. The molecule has 25 heavy (non-hydrogen) atoms. The molecule has 0 saturated carbocycles. The summed E-state index contributed by atoms with van der Waals surface area (Å²) in [6.45, 7) is 0. The van der Waals surface area contributed by atoms with Crippen LogP contribution in [0.1, 0.15) is 5.56 Å². The molecule has 3 aromatic carbocycles. The molecule has 0 radical (unpaired) electrons. The predicted molar refractivity (Wildman–Crippen MR) is 105 cm³/mol. The minimum atomic E-state index is 0.431. The second-order valence-electron chi connectivity index (χ2n) is 5.59. The average molecular weight is 345 g/mol. The fraction of sp³-hybridized carbons (Fsp3) is 0.0476. The Labute approximate surface area is 150 Å². The molecule has 0 aliphatic heterocycles. The van der Waals surface area contributed by atoms with E-state index in [2.05, 4.69) is 0 Å². The van der Waals surface area contributed by atoms with Crippen molar-refractivity contribution in [1.29, 1.82) is 0 Å². The lowest BCUT2D eigenvalue weighted by atomic mass is 10.0. The van der Waals surface area contributed by atoms with E-state index in [-0.39, 0.29) is 0 Å². The number of aromatic nitrogens is 1. The molecule has 0 atom stereocenters. The second kappa shape index (κ2) is 6.49. The molecule has 0 unspecified atom stereocenters. The van der Waals surface area contributed by atoms with Gasteiger partial charge >= 0.3 is 0 Å². The highest BCUT2D eigenvalue weighted by molar-refractivity contribution is 7.80. The summed E-state index contributed by atoms with van der Waals surface area (Å²) >= 11 is 5.64. The minimum absolute atomic E-state index is 0.431. The first kappa shape index (κ1) is 15.5. The van der Waals surface area contributed by atoms with Crippen LogP contribution in [-0.2, 0) is 0 Å². The third-order valence-electron chi connectivity index (χ3n) is 4.06. The van der Waals surface area contributed by atoms with Gasteiger partial charge in [-0.15, -0.1) is 0 Å². The van der Waals surface area contributed by atoms with Gasteiger partial charge in [0.1, 0.15) is 11.5 Å². The Balaban J connectivity index is 1.83. The first-order valence-corrected chi connectivity index (χ1v) is 8.31. The van der Waals surface area contributed by atoms with Crippen LogP contribution in [0.15, 0.2) is 72.8 Å². The average Bonchev–Trinajstić information content (AvgIpc) is 2.66. The minimum Gasteiger partial charge on any atom is -0.497 e. The number of rotatable bonds is 3. The third kappa shape index (κ3) is 2.92. The van der Waals surface area contributed by atoms with Crippen molar-refractivity contribution in [1.82, 2.24) is 4.98 Å². The van der Waals surface area contributed by atoms with E-state index in [1.54, 1.807) is 7.11 Å². The molecule has 0 aliphatic rings. The molecule has 0 amide bonds. The van der Waals surface area contributed by atoms with E-state index < -0.39 is 0 Å². The molecule has 122 valence electrons. The van der Waals surface area contributed by atoms with Crippen LogP contribution in [0, 0.1) is 0 Å². The Bertz CT molecular complexity index is 1020. The Hall–Kier alpha value is -2.98. The van der Waals surface area contributed by atoms with Crippen molar-refractivity contribution >= 4 is 39.1 Å². The third-order valence-corrected chi connectivity index (χ3v) is 4.35. The topological polar surface area (TPSA) is 31.4 Å². The molecule has 0 aliphatic carbocycles. The standard InChI is InChI=1S/C21H15NO2S/c1-23-14-10-12-15(13-11-14)24-21(25)20-16-6-2-4-8-18(16)22-19-9-5-3-7-17(19)20/h2-13H,1H3. The number of ether oxygens (including phenoxy) is 2. The van der Waals surface area contributed by atoms with Gasteiger partial charge in [-0.1, -0.05) is 36.4 Å². The van der Waals surface area contributed by atoms with Crippen LogP contribution in [0.5, 0.6) is 11.5 Å². The highest BCUT2D eigenvalue weighted by atomic mass is 32.1. The number of pyridine rings is 1. The first-order chi connectivity index (χ1) is 12.3. The van der Waals surface area contributed by atoms with Crippen LogP contribution in [0.4, 0.5) is 0 Å². The highest BCUT2D eigenvalue weighted by Gasteiger charge is 2.14. The Morgan fingerprint density at radius 1 is 0.760 bits per heavy atom. The van der Waals surface area contributed by atoms with Crippen molar-refractivity contribution in [2.45, 2.75) is 0 Å². The quantitative estimate of drug-likeness (QED) is 0.379. The van der Waals surface area contributed by atoms with E-state index in [4.69, 9.17) is 26.7 Å². The van der Waals surface area contributed by atoms with E-state index in [1.807, 2.05) is 72.8 Å². The molecular weight excluding hydrogens is 330 g/mol. The van der Waals surface area contributed by atoms with Crippen molar-refractivity contribution in [2.75, 3.05) is 7.11 Å². The van der Waals surface area contributed by atoms with Crippen LogP contribution in [0.2, 0.25) is 0 Å².